The number of ether oxygens (including phenoxy) is 1. The molecule has 4 heteroatoms. The molecule has 0 spiro atoms. The zero-order valence-electron chi connectivity index (χ0n) is 12.5. The Morgan fingerprint density at radius 3 is 2.35 bits per heavy atom. The second kappa shape index (κ2) is 7.16. The van der Waals surface area contributed by atoms with Gasteiger partial charge in [0.25, 0.3) is 0 Å². The molecule has 1 rings (SSSR count). The van der Waals surface area contributed by atoms with Gasteiger partial charge in [-0.15, -0.1) is 0 Å². The van der Waals surface area contributed by atoms with Crippen LogP contribution in [-0.2, 0) is 11.3 Å². The van der Waals surface area contributed by atoms with Crippen molar-refractivity contribution in [3.63, 3.8) is 0 Å². The first-order chi connectivity index (χ1) is 9.26. The van der Waals surface area contributed by atoms with E-state index in [2.05, 4.69) is 0 Å². The minimum Gasteiger partial charge on any atom is -0.390 e. The van der Waals surface area contributed by atoms with Crippen molar-refractivity contribution >= 4 is 0 Å². The van der Waals surface area contributed by atoms with Crippen molar-refractivity contribution in [2.45, 2.75) is 57.8 Å². The predicted molar refractivity (Wildman–Crippen MR) is 76.8 cm³/mol. The minimum atomic E-state index is -0.981. The van der Waals surface area contributed by atoms with Gasteiger partial charge >= 0.3 is 0 Å². The van der Waals surface area contributed by atoms with Gasteiger partial charge in [-0.1, -0.05) is 25.1 Å². The van der Waals surface area contributed by atoms with Crippen molar-refractivity contribution in [1.82, 2.24) is 0 Å². The van der Waals surface area contributed by atoms with Gasteiger partial charge in [-0.25, -0.2) is 4.39 Å². The summed E-state index contributed by atoms with van der Waals surface area (Å²) in [5.74, 6) is -0.302. The third-order valence-corrected chi connectivity index (χ3v) is 3.45. The first kappa shape index (κ1) is 17.1. The molecule has 0 fully saturated rings. The van der Waals surface area contributed by atoms with Crippen molar-refractivity contribution in [2.75, 3.05) is 6.61 Å². The third-order valence-electron chi connectivity index (χ3n) is 3.45. The standard InChI is InChI=1S/C16H25FO3/c1-4-16(19,10-9-15(2,3)18)12-20-11-13-7-5-6-8-14(13)17/h5-8,18-19H,4,9-12H2,1-3H3. The average molecular weight is 284 g/mol. The van der Waals surface area contributed by atoms with E-state index in [1.54, 1.807) is 32.0 Å². The molecular formula is C16H25FO3. The molecule has 1 aromatic carbocycles. The lowest BCUT2D eigenvalue weighted by Crippen LogP contribution is -2.36. The maximum atomic E-state index is 13.4. The van der Waals surface area contributed by atoms with Gasteiger partial charge < -0.3 is 14.9 Å². The van der Waals surface area contributed by atoms with E-state index < -0.39 is 11.2 Å². The zero-order valence-corrected chi connectivity index (χ0v) is 12.5. The highest BCUT2D eigenvalue weighted by Crippen LogP contribution is 2.23. The lowest BCUT2D eigenvalue weighted by atomic mass is 9.90. The summed E-state index contributed by atoms with van der Waals surface area (Å²) >= 11 is 0. The second-order valence-electron chi connectivity index (χ2n) is 5.97. The van der Waals surface area contributed by atoms with Gasteiger partial charge in [0.1, 0.15) is 5.82 Å². The van der Waals surface area contributed by atoms with Crippen LogP contribution >= 0.6 is 0 Å². The normalized spacial score (nSPS) is 15.1. The van der Waals surface area contributed by atoms with Gasteiger partial charge in [-0.05, 0) is 39.2 Å². The van der Waals surface area contributed by atoms with E-state index in [9.17, 15) is 14.6 Å². The Balaban J connectivity index is 2.46. The molecule has 0 saturated carbocycles. The van der Waals surface area contributed by atoms with Crippen molar-refractivity contribution in [1.29, 1.82) is 0 Å². The summed E-state index contributed by atoms with van der Waals surface area (Å²) in [5, 5.41) is 20.1. The monoisotopic (exact) mass is 284 g/mol. The SMILES string of the molecule is CCC(O)(CCC(C)(C)O)COCc1ccccc1F. The second-order valence-corrected chi connectivity index (χ2v) is 5.97. The summed E-state index contributed by atoms with van der Waals surface area (Å²) in [7, 11) is 0. The summed E-state index contributed by atoms with van der Waals surface area (Å²) in [5.41, 5.74) is -1.31. The molecule has 2 N–H and O–H groups in total. The molecule has 0 aliphatic carbocycles. The summed E-state index contributed by atoms with van der Waals surface area (Å²) in [6.07, 6.45) is 1.46. The molecule has 1 unspecified atom stereocenters. The van der Waals surface area contributed by atoms with Gasteiger partial charge in [0, 0.05) is 5.56 Å². The predicted octanol–water partition coefficient (Wildman–Crippen LogP) is 3.03. The maximum absolute atomic E-state index is 13.4. The highest BCUT2D eigenvalue weighted by molar-refractivity contribution is 5.16. The Kier molecular flexibility index (Phi) is 6.11. The Bertz CT molecular complexity index is 414. The zero-order chi connectivity index (χ0) is 15.2. The molecule has 0 aromatic heterocycles. The van der Waals surface area contributed by atoms with E-state index >= 15 is 0 Å². The van der Waals surface area contributed by atoms with Crippen LogP contribution in [-0.4, -0.2) is 28.0 Å². The highest BCUT2D eigenvalue weighted by atomic mass is 19.1. The Hall–Kier alpha value is -0.970. The molecule has 0 bridgehead atoms. The maximum Gasteiger partial charge on any atom is 0.128 e. The molecule has 0 saturated heterocycles. The lowest BCUT2D eigenvalue weighted by Gasteiger charge is -2.29. The van der Waals surface area contributed by atoms with Crippen LogP contribution in [0.1, 0.15) is 45.6 Å². The van der Waals surface area contributed by atoms with Crippen LogP contribution in [0.3, 0.4) is 0 Å². The number of aliphatic hydroxyl groups is 2. The summed E-state index contributed by atoms with van der Waals surface area (Å²) in [6, 6.07) is 6.43. The molecule has 0 aliphatic rings. The quantitative estimate of drug-likeness (QED) is 0.771. The first-order valence-electron chi connectivity index (χ1n) is 7.02. The van der Waals surface area contributed by atoms with Crippen molar-refractivity contribution < 1.29 is 19.3 Å². The van der Waals surface area contributed by atoms with Gasteiger partial charge in [0.2, 0.25) is 0 Å². The third kappa shape index (κ3) is 5.99. The van der Waals surface area contributed by atoms with E-state index in [-0.39, 0.29) is 19.0 Å². The van der Waals surface area contributed by atoms with Crippen LogP contribution < -0.4 is 0 Å². The van der Waals surface area contributed by atoms with E-state index in [4.69, 9.17) is 4.74 Å². The fourth-order valence-electron chi connectivity index (χ4n) is 1.86. The highest BCUT2D eigenvalue weighted by Gasteiger charge is 2.28. The van der Waals surface area contributed by atoms with Crippen molar-refractivity contribution in [3.8, 4) is 0 Å². The first-order valence-corrected chi connectivity index (χ1v) is 7.02. The Labute approximate surface area is 120 Å². The van der Waals surface area contributed by atoms with Gasteiger partial charge in [-0.3, -0.25) is 0 Å². The number of benzene rings is 1. The molecule has 0 amide bonds. The van der Waals surface area contributed by atoms with E-state index in [1.807, 2.05) is 6.92 Å². The van der Waals surface area contributed by atoms with Crippen molar-refractivity contribution in [3.05, 3.63) is 35.6 Å². The summed E-state index contributed by atoms with van der Waals surface area (Å²) < 4.78 is 18.9. The molecule has 1 atom stereocenters. The number of hydrogen-bond donors (Lipinski definition) is 2. The molecule has 0 radical (unpaired) electrons. The van der Waals surface area contributed by atoms with Gasteiger partial charge in [-0.2, -0.15) is 0 Å². The largest absolute Gasteiger partial charge is 0.390 e. The van der Waals surface area contributed by atoms with Gasteiger partial charge in [0.15, 0.2) is 0 Å². The van der Waals surface area contributed by atoms with E-state index in [0.29, 0.717) is 24.8 Å². The summed E-state index contributed by atoms with van der Waals surface area (Å²) in [6.45, 7) is 5.56. The molecule has 1 aromatic rings. The molecule has 3 nitrogen and oxygen atoms in total. The molecule has 0 aliphatic heterocycles. The van der Waals surface area contributed by atoms with Crippen LogP contribution in [0, 0.1) is 5.82 Å². The van der Waals surface area contributed by atoms with Crippen LogP contribution in [0.4, 0.5) is 4.39 Å². The fraction of sp³-hybridized carbons (Fsp3) is 0.625. The fourth-order valence-corrected chi connectivity index (χ4v) is 1.86. The molecule has 114 valence electrons. The number of rotatable bonds is 8. The van der Waals surface area contributed by atoms with Crippen LogP contribution in [0.2, 0.25) is 0 Å². The summed E-state index contributed by atoms with van der Waals surface area (Å²) in [4.78, 5) is 0. The Morgan fingerprint density at radius 1 is 1.15 bits per heavy atom. The topological polar surface area (TPSA) is 49.7 Å². The average Bonchev–Trinajstić information content (AvgIpc) is 2.38. The smallest absolute Gasteiger partial charge is 0.128 e. The van der Waals surface area contributed by atoms with Crippen LogP contribution in [0.25, 0.3) is 0 Å². The Morgan fingerprint density at radius 2 is 1.80 bits per heavy atom. The molecule has 20 heavy (non-hydrogen) atoms. The van der Waals surface area contributed by atoms with Crippen LogP contribution in [0.5, 0.6) is 0 Å². The lowest BCUT2D eigenvalue weighted by molar-refractivity contribution is -0.0719. The van der Waals surface area contributed by atoms with E-state index in [1.165, 1.54) is 6.07 Å². The van der Waals surface area contributed by atoms with Crippen LogP contribution in [0.15, 0.2) is 24.3 Å². The number of hydrogen-bond acceptors (Lipinski definition) is 3. The van der Waals surface area contributed by atoms with E-state index in [0.717, 1.165) is 0 Å². The number of halogens is 1. The van der Waals surface area contributed by atoms with Gasteiger partial charge in [0.05, 0.1) is 24.4 Å². The minimum absolute atomic E-state index is 0.133. The van der Waals surface area contributed by atoms with Crippen molar-refractivity contribution in [2.24, 2.45) is 0 Å². The molecular weight excluding hydrogens is 259 g/mol. The molecule has 0 heterocycles.